The molecule has 0 saturated carbocycles. The Kier molecular flexibility index (Phi) is 6.05. The highest BCUT2D eigenvalue weighted by molar-refractivity contribution is 5.68. The van der Waals surface area contributed by atoms with Crippen LogP contribution >= 0.6 is 0 Å². The zero-order valence-electron chi connectivity index (χ0n) is 14.5. The molecule has 1 heterocycles. The number of rotatable bonds is 2. The molecule has 0 aromatic heterocycles. The maximum atomic E-state index is 12.0. The number of carbonyl (C=O) groups is 2. The third kappa shape index (κ3) is 7.49. The number of likely N-dealkylation sites (tertiary alicyclic amines) is 1. The molecular weight excluding hydrogens is 286 g/mol. The molecule has 2 N–H and O–H groups in total. The van der Waals surface area contributed by atoms with Gasteiger partial charge in [0.2, 0.25) is 0 Å². The van der Waals surface area contributed by atoms with E-state index in [4.69, 9.17) is 9.47 Å². The van der Waals surface area contributed by atoms with Crippen LogP contribution in [0.5, 0.6) is 0 Å². The zero-order chi connectivity index (χ0) is 17.0. The van der Waals surface area contributed by atoms with Crippen molar-refractivity contribution in [2.45, 2.75) is 71.6 Å². The molecule has 1 aliphatic heterocycles. The number of piperidine rings is 1. The van der Waals surface area contributed by atoms with Gasteiger partial charge in [0, 0.05) is 19.1 Å². The number of carbonyl (C=O) groups excluding carboxylic acids is 2. The number of nitrogens with one attached hydrogen (secondary N) is 2. The quantitative estimate of drug-likeness (QED) is 0.765. The first-order valence-corrected chi connectivity index (χ1v) is 7.69. The van der Waals surface area contributed by atoms with Gasteiger partial charge in [-0.15, -0.1) is 0 Å². The van der Waals surface area contributed by atoms with E-state index in [1.807, 2.05) is 20.8 Å². The first-order valence-electron chi connectivity index (χ1n) is 7.69. The Morgan fingerprint density at radius 2 is 1.64 bits per heavy atom. The molecule has 7 heteroatoms. The zero-order valence-corrected chi connectivity index (χ0v) is 14.5. The van der Waals surface area contributed by atoms with Gasteiger partial charge in [0.15, 0.2) is 0 Å². The molecule has 0 aliphatic carbocycles. The summed E-state index contributed by atoms with van der Waals surface area (Å²) in [6.45, 7) is 12.1. The molecule has 0 radical (unpaired) electrons. The summed E-state index contributed by atoms with van der Waals surface area (Å²) in [4.78, 5) is 25.3. The SMILES string of the molecule is CC(C)(C)OC(=O)NNC1CCCN(C(=O)OC(C)(C)C)C1. The number of hydrogen-bond donors (Lipinski definition) is 2. The lowest BCUT2D eigenvalue weighted by atomic mass is 10.1. The lowest BCUT2D eigenvalue weighted by Crippen LogP contribution is -2.54. The summed E-state index contributed by atoms with van der Waals surface area (Å²) in [7, 11) is 0. The first kappa shape index (κ1) is 18.5. The fourth-order valence-corrected chi connectivity index (χ4v) is 2.05. The minimum Gasteiger partial charge on any atom is -0.444 e. The minimum absolute atomic E-state index is 0.0196. The number of hydrazine groups is 1. The van der Waals surface area contributed by atoms with E-state index in [0.29, 0.717) is 13.1 Å². The van der Waals surface area contributed by atoms with E-state index in [1.165, 1.54) is 0 Å². The summed E-state index contributed by atoms with van der Waals surface area (Å²) in [6.07, 6.45) is 0.875. The number of ether oxygens (including phenoxy) is 2. The molecule has 0 spiro atoms. The van der Waals surface area contributed by atoms with E-state index in [-0.39, 0.29) is 12.1 Å². The molecule has 1 unspecified atom stereocenters. The molecule has 1 rings (SSSR count). The average molecular weight is 315 g/mol. The van der Waals surface area contributed by atoms with Crippen LogP contribution < -0.4 is 10.9 Å². The fourth-order valence-electron chi connectivity index (χ4n) is 2.05. The van der Waals surface area contributed by atoms with Crippen molar-refractivity contribution in [2.75, 3.05) is 13.1 Å². The van der Waals surface area contributed by atoms with Crippen LogP contribution in [0.15, 0.2) is 0 Å². The van der Waals surface area contributed by atoms with Crippen molar-refractivity contribution in [1.29, 1.82) is 0 Å². The molecule has 0 aromatic carbocycles. The van der Waals surface area contributed by atoms with E-state index >= 15 is 0 Å². The summed E-state index contributed by atoms with van der Waals surface area (Å²) in [5.41, 5.74) is 4.40. The van der Waals surface area contributed by atoms with Crippen molar-refractivity contribution >= 4 is 12.2 Å². The Morgan fingerprint density at radius 3 is 2.18 bits per heavy atom. The molecular formula is C15H29N3O4. The van der Waals surface area contributed by atoms with E-state index in [9.17, 15) is 9.59 Å². The molecule has 128 valence electrons. The molecule has 7 nitrogen and oxygen atoms in total. The van der Waals surface area contributed by atoms with Gasteiger partial charge in [-0.05, 0) is 54.4 Å². The molecule has 1 fully saturated rings. The molecule has 0 bridgehead atoms. The Balaban J connectivity index is 2.40. The van der Waals surface area contributed by atoms with Gasteiger partial charge in [-0.2, -0.15) is 0 Å². The van der Waals surface area contributed by atoms with Crippen molar-refractivity contribution in [2.24, 2.45) is 0 Å². The Bertz CT molecular complexity index is 399. The van der Waals surface area contributed by atoms with E-state index in [2.05, 4.69) is 10.9 Å². The molecule has 0 aromatic rings. The fraction of sp³-hybridized carbons (Fsp3) is 0.867. The first-order chi connectivity index (χ1) is 9.96. The standard InChI is InChI=1S/C15H29N3O4/c1-14(2,3)21-12(19)17-16-11-8-7-9-18(10-11)13(20)22-15(4,5)6/h11,16H,7-10H2,1-6H3,(H,17,19). The van der Waals surface area contributed by atoms with Crippen molar-refractivity contribution in [1.82, 2.24) is 15.8 Å². The van der Waals surface area contributed by atoms with Crippen LogP contribution in [-0.2, 0) is 9.47 Å². The smallest absolute Gasteiger partial charge is 0.422 e. The van der Waals surface area contributed by atoms with Crippen molar-refractivity contribution in [3.8, 4) is 0 Å². The summed E-state index contributed by atoms with van der Waals surface area (Å²) >= 11 is 0. The normalized spacial score (nSPS) is 19.5. The summed E-state index contributed by atoms with van der Waals surface area (Å²) in [5.74, 6) is 0. The Hall–Kier alpha value is -1.50. The van der Waals surface area contributed by atoms with Crippen molar-refractivity contribution in [3.05, 3.63) is 0 Å². The van der Waals surface area contributed by atoms with Crippen LogP contribution in [0.25, 0.3) is 0 Å². The van der Waals surface area contributed by atoms with Crippen LogP contribution in [0.4, 0.5) is 9.59 Å². The average Bonchev–Trinajstić information content (AvgIpc) is 2.32. The van der Waals surface area contributed by atoms with E-state index in [1.54, 1.807) is 25.7 Å². The minimum atomic E-state index is -0.541. The van der Waals surface area contributed by atoms with Gasteiger partial charge >= 0.3 is 12.2 Å². The van der Waals surface area contributed by atoms with Crippen LogP contribution in [0.3, 0.4) is 0 Å². The summed E-state index contributed by atoms with van der Waals surface area (Å²) in [6, 6.07) is -0.0196. The van der Waals surface area contributed by atoms with Gasteiger partial charge < -0.3 is 14.4 Å². The van der Waals surface area contributed by atoms with Gasteiger partial charge in [-0.3, -0.25) is 5.43 Å². The Labute approximate surface area is 132 Å². The van der Waals surface area contributed by atoms with Crippen molar-refractivity contribution in [3.63, 3.8) is 0 Å². The summed E-state index contributed by atoms with van der Waals surface area (Å²) < 4.78 is 10.5. The number of nitrogens with zero attached hydrogens (tertiary/aromatic N) is 1. The third-order valence-electron chi connectivity index (χ3n) is 2.85. The van der Waals surface area contributed by atoms with Crippen LogP contribution in [0.1, 0.15) is 54.4 Å². The van der Waals surface area contributed by atoms with Gasteiger partial charge in [0.1, 0.15) is 11.2 Å². The highest BCUT2D eigenvalue weighted by Crippen LogP contribution is 2.15. The monoisotopic (exact) mass is 315 g/mol. The molecule has 1 saturated heterocycles. The second-order valence-corrected chi connectivity index (χ2v) is 7.54. The van der Waals surface area contributed by atoms with Crippen LogP contribution in [-0.4, -0.2) is 47.4 Å². The van der Waals surface area contributed by atoms with Gasteiger partial charge in [0.25, 0.3) is 0 Å². The van der Waals surface area contributed by atoms with Crippen LogP contribution in [0.2, 0.25) is 0 Å². The van der Waals surface area contributed by atoms with Gasteiger partial charge in [0.05, 0.1) is 0 Å². The number of amides is 2. The highest BCUT2D eigenvalue weighted by Gasteiger charge is 2.28. The predicted molar refractivity (Wildman–Crippen MR) is 83.3 cm³/mol. The van der Waals surface area contributed by atoms with E-state index < -0.39 is 17.3 Å². The topological polar surface area (TPSA) is 79.9 Å². The maximum Gasteiger partial charge on any atom is 0.422 e. The Morgan fingerprint density at radius 1 is 1.05 bits per heavy atom. The maximum absolute atomic E-state index is 12.0. The summed E-state index contributed by atoms with van der Waals surface area (Å²) in [5, 5.41) is 0. The second kappa shape index (κ2) is 7.17. The van der Waals surface area contributed by atoms with Gasteiger partial charge in [-0.25, -0.2) is 15.0 Å². The lowest BCUT2D eigenvalue weighted by molar-refractivity contribution is 0.0176. The number of hydrogen-bond acceptors (Lipinski definition) is 5. The molecule has 2 amide bonds. The largest absolute Gasteiger partial charge is 0.444 e. The van der Waals surface area contributed by atoms with Crippen LogP contribution in [0, 0.1) is 0 Å². The van der Waals surface area contributed by atoms with Crippen molar-refractivity contribution < 1.29 is 19.1 Å². The highest BCUT2D eigenvalue weighted by atomic mass is 16.6. The molecule has 1 aliphatic rings. The predicted octanol–water partition coefficient (Wildman–Crippen LogP) is 2.42. The second-order valence-electron chi connectivity index (χ2n) is 7.54. The molecule has 22 heavy (non-hydrogen) atoms. The third-order valence-corrected chi connectivity index (χ3v) is 2.85. The van der Waals surface area contributed by atoms with Gasteiger partial charge in [-0.1, -0.05) is 0 Å². The lowest BCUT2D eigenvalue weighted by Gasteiger charge is -2.34. The molecule has 1 atom stereocenters. The van der Waals surface area contributed by atoms with E-state index in [0.717, 1.165) is 12.8 Å².